The van der Waals surface area contributed by atoms with Crippen molar-refractivity contribution in [2.24, 2.45) is 5.73 Å². The van der Waals surface area contributed by atoms with Gasteiger partial charge in [-0.2, -0.15) is 0 Å². The third kappa shape index (κ3) is 2.14. The van der Waals surface area contributed by atoms with E-state index in [4.69, 9.17) is 5.73 Å². The predicted octanol–water partition coefficient (Wildman–Crippen LogP) is 1.02. The number of hydrogen-bond acceptors (Lipinski definition) is 2. The van der Waals surface area contributed by atoms with E-state index in [0.29, 0.717) is 17.9 Å². The van der Waals surface area contributed by atoms with Crippen LogP contribution in [0.25, 0.3) is 0 Å². The Morgan fingerprint density at radius 1 is 1.55 bits per heavy atom. The van der Waals surface area contributed by atoms with Gasteiger partial charge in [0.2, 0.25) is 0 Å². The molecule has 1 aliphatic heterocycles. The Bertz CT molecular complexity index is 129. The van der Waals surface area contributed by atoms with E-state index in [1.807, 2.05) is 0 Å². The van der Waals surface area contributed by atoms with Crippen LogP contribution < -0.4 is 5.73 Å². The van der Waals surface area contributed by atoms with Crippen LogP contribution in [-0.2, 0) is 0 Å². The lowest BCUT2D eigenvalue weighted by molar-refractivity contribution is 0.146. The van der Waals surface area contributed by atoms with E-state index in [1.165, 1.54) is 6.42 Å². The fourth-order valence-corrected chi connectivity index (χ4v) is 2.41. The second-order valence-corrected chi connectivity index (χ2v) is 4.30. The summed E-state index contributed by atoms with van der Waals surface area (Å²) in [5.74, 6) is 0.587. The molecule has 66 valence electrons. The molecule has 0 radical (unpaired) electrons. The van der Waals surface area contributed by atoms with Gasteiger partial charge < -0.3 is 5.73 Å². The molecule has 2 nitrogen and oxygen atoms in total. The van der Waals surface area contributed by atoms with Crippen molar-refractivity contribution in [3.63, 3.8) is 0 Å². The van der Waals surface area contributed by atoms with Crippen molar-refractivity contribution in [2.75, 3.05) is 7.05 Å². The minimum absolute atomic E-state index is 0.415. The number of piperidine rings is 1. The van der Waals surface area contributed by atoms with Gasteiger partial charge >= 0.3 is 0 Å². The molecular weight excluding hydrogens is 155 g/mol. The summed E-state index contributed by atoms with van der Waals surface area (Å²) in [5.41, 5.74) is 5.91. The first-order valence-electron chi connectivity index (χ1n) is 4.38. The molecule has 0 amide bonds. The van der Waals surface area contributed by atoms with Crippen LogP contribution in [0.5, 0.6) is 0 Å². The minimum atomic E-state index is 0.415. The average molecular weight is 174 g/mol. The van der Waals surface area contributed by atoms with Gasteiger partial charge in [-0.25, -0.2) is 0 Å². The van der Waals surface area contributed by atoms with E-state index in [1.54, 1.807) is 0 Å². The molecule has 0 spiro atoms. The van der Waals surface area contributed by atoms with Gasteiger partial charge in [0.05, 0.1) is 0 Å². The van der Waals surface area contributed by atoms with Crippen molar-refractivity contribution in [2.45, 2.75) is 44.1 Å². The van der Waals surface area contributed by atoms with Gasteiger partial charge in [0.15, 0.2) is 0 Å². The van der Waals surface area contributed by atoms with Gasteiger partial charge in [-0.15, -0.1) is 9.24 Å². The highest BCUT2D eigenvalue weighted by molar-refractivity contribution is 7.17. The van der Waals surface area contributed by atoms with Crippen LogP contribution in [0.15, 0.2) is 0 Å². The number of rotatable bonds is 1. The largest absolute Gasteiger partial charge is 0.328 e. The molecule has 1 heterocycles. The molecule has 0 aromatic heterocycles. The highest BCUT2D eigenvalue weighted by Crippen LogP contribution is 2.25. The van der Waals surface area contributed by atoms with E-state index in [9.17, 15) is 0 Å². The molecule has 3 heteroatoms. The molecule has 11 heavy (non-hydrogen) atoms. The Kier molecular flexibility index (Phi) is 3.29. The van der Waals surface area contributed by atoms with Crippen molar-refractivity contribution in [1.82, 2.24) is 4.90 Å². The molecular formula is C8H19N2P. The highest BCUT2D eigenvalue weighted by Gasteiger charge is 2.27. The zero-order chi connectivity index (χ0) is 8.43. The SMILES string of the molecule is CCC1CC(N)CC(P)N1C. The molecule has 4 unspecified atom stereocenters. The van der Waals surface area contributed by atoms with Gasteiger partial charge in [-0.3, -0.25) is 4.90 Å². The van der Waals surface area contributed by atoms with Crippen molar-refractivity contribution < 1.29 is 0 Å². The summed E-state index contributed by atoms with van der Waals surface area (Å²) in [6, 6.07) is 1.11. The first-order valence-corrected chi connectivity index (χ1v) is 5.05. The molecule has 0 aromatic rings. The van der Waals surface area contributed by atoms with Crippen LogP contribution >= 0.6 is 9.24 Å². The second-order valence-electron chi connectivity index (χ2n) is 3.53. The summed E-state index contributed by atoms with van der Waals surface area (Å²) in [6.07, 6.45) is 3.50. The van der Waals surface area contributed by atoms with Crippen LogP contribution in [0, 0.1) is 0 Å². The van der Waals surface area contributed by atoms with Crippen molar-refractivity contribution in [3.8, 4) is 0 Å². The second kappa shape index (κ2) is 3.84. The summed E-state index contributed by atoms with van der Waals surface area (Å²) >= 11 is 0. The first kappa shape index (κ1) is 9.44. The monoisotopic (exact) mass is 174 g/mol. The molecule has 1 rings (SSSR count). The third-order valence-corrected chi connectivity index (χ3v) is 3.43. The fourth-order valence-electron chi connectivity index (χ4n) is 1.81. The number of hydrogen-bond donors (Lipinski definition) is 1. The first-order chi connectivity index (χ1) is 5.15. The van der Waals surface area contributed by atoms with Gasteiger partial charge in [0.1, 0.15) is 0 Å². The normalized spacial score (nSPS) is 40.9. The van der Waals surface area contributed by atoms with E-state index in [2.05, 4.69) is 28.1 Å². The number of likely N-dealkylation sites (tertiary alicyclic amines) is 1. The maximum absolute atomic E-state index is 5.91. The molecule has 1 fully saturated rings. The molecule has 1 saturated heterocycles. The maximum Gasteiger partial charge on any atom is 0.0254 e. The van der Waals surface area contributed by atoms with Crippen LogP contribution in [-0.4, -0.2) is 29.8 Å². The minimum Gasteiger partial charge on any atom is -0.328 e. The standard InChI is InChI=1S/C8H19N2P/c1-3-7-4-6(9)5-8(11)10(7)2/h6-8H,3-5,9,11H2,1-2H3. The fraction of sp³-hybridized carbons (Fsp3) is 1.00. The Labute approximate surface area is 71.7 Å². The van der Waals surface area contributed by atoms with Crippen LogP contribution in [0.4, 0.5) is 0 Å². The Balaban J connectivity index is 2.51. The van der Waals surface area contributed by atoms with Gasteiger partial charge in [0.25, 0.3) is 0 Å². The predicted molar refractivity (Wildman–Crippen MR) is 52.5 cm³/mol. The molecule has 0 bridgehead atoms. The Hall–Kier alpha value is 0.350. The molecule has 2 N–H and O–H groups in total. The lowest BCUT2D eigenvalue weighted by Crippen LogP contribution is -2.48. The van der Waals surface area contributed by atoms with E-state index in [-0.39, 0.29) is 0 Å². The maximum atomic E-state index is 5.91. The lowest BCUT2D eigenvalue weighted by Gasteiger charge is -2.40. The summed E-state index contributed by atoms with van der Waals surface area (Å²) in [7, 11) is 5.06. The third-order valence-electron chi connectivity index (χ3n) is 2.69. The summed E-state index contributed by atoms with van der Waals surface area (Å²) in [5, 5.41) is 0. The van der Waals surface area contributed by atoms with Crippen LogP contribution in [0.3, 0.4) is 0 Å². The molecule has 0 aromatic carbocycles. The van der Waals surface area contributed by atoms with Crippen molar-refractivity contribution in [1.29, 1.82) is 0 Å². The Morgan fingerprint density at radius 2 is 2.18 bits per heavy atom. The zero-order valence-corrected chi connectivity index (χ0v) is 8.61. The molecule has 0 aliphatic carbocycles. The topological polar surface area (TPSA) is 29.3 Å². The molecule has 1 aliphatic rings. The summed E-state index contributed by atoms with van der Waals surface area (Å²) < 4.78 is 0. The smallest absolute Gasteiger partial charge is 0.0254 e. The lowest BCUT2D eigenvalue weighted by atomic mass is 9.96. The Morgan fingerprint density at radius 3 is 2.73 bits per heavy atom. The van der Waals surface area contributed by atoms with Gasteiger partial charge in [-0.05, 0) is 26.3 Å². The van der Waals surface area contributed by atoms with Gasteiger partial charge in [0, 0.05) is 17.9 Å². The zero-order valence-electron chi connectivity index (χ0n) is 7.46. The van der Waals surface area contributed by atoms with Crippen LogP contribution in [0.2, 0.25) is 0 Å². The van der Waals surface area contributed by atoms with E-state index >= 15 is 0 Å². The van der Waals surface area contributed by atoms with E-state index < -0.39 is 0 Å². The quantitative estimate of drug-likeness (QED) is 0.601. The van der Waals surface area contributed by atoms with Crippen LogP contribution in [0.1, 0.15) is 26.2 Å². The highest BCUT2D eigenvalue weighted by atomic mass is 31.0. The number of nitrogens with zero attached hydrogens (tertiary/aromatic N) is 1. The van der Waals surface area contributed by atoms with Gasteiger partial charge in [-0.1, -0.05) is 6.92 Å². The van der Waals surface area contributed by atoms with E-state index in [0.717, 1.165) is 12.8 Å². The molecule has 0 saturated carbocycles. The van der Waals surface area contributed by atoms with Crippen molar-refractivity contribution >= 4 is 9.24 Å². The number of nitrogens with two attached hydrogens (primary N) is 1. The average Bonchev–Trinajstić information content (AvgIpc) is 1.96. The molecule has 4 atom stereocenters. The van der Waals surface area contributed by atoms with Crippen molar-refractivity contribution in [3.05, 3.63) is 0 Å². The summed E-state index contributed by atoms with van der Waals surface area (Å²) in [6.45, 7) is 2.23. The summed E-state index contributed by atoms with van der Waals surface area (Å²) in [4.78, 5) is 2.42.